The summed E-state index contributed by atoms with van der Waals surface area (Å²) < 4.78 is 297. The van der Waals surface area contributed by atoms with Crippen molar-refractivity contribution in [3.63, 3.8) is 0 Å². The Kier molecular flexibility index (Phi) is 31.4. The Morgan fingerprint density at radius 2 is 0.442 bits per heavy atom. The standard InChI is InChI=1S/C15H5F4N2.5C15H6F3N2.C15H7F2N2.7Ir/c16-9-2-1-7-13(14(9)19)8-5-10(17)11(18)6-12(8)21-4-3-20-15(7)21;16-8-1-4-12-10(7-8)13-9(2-3-11(17)14(13)18)15-19-5-6-20(12)15;2*16-8-1-3-10-11(5-8)12-6-9(17)2-4-13(12)20-14(18)7-19-15(10)20;16-8-1-2-9-10(5-8)11-6-12(17)13(18)7-14(11)20-4-3-19-15(9)20;16-10-3-1-2-8-14(10)9-6-11(17)12(18)7-13(9)20-5-4-19-15(8)20;16-9-4-5-13-11(8-9)14-10(2-1-3-12(14)17)15-18-6-7-19(13)15;;;;;;;/h2-6H;1,3-7H;2*1-2,4-7H;2*1,3-7H;1,3-8H;;;;;;;/q7*-1;;;;;;;. The molecule has 14 aromatic carbocycles. The minimum absolute atomic E-state index is 0. The van der Waals surface area contributed by atoms with E-state index in [-0.39, 0.29) is 173 Å². The number of nitrogens with zero attached hydrogens (tertiary/aromatic N) is 14. The fraction of sp³-hybridized carbons (Fsp3) is 0. The number of rotatable bonds is 0. The van der Waals surface area contributed by atoms with Gasteiger partial charge in [-0.05, 0) is 147 Å². The van der Waals surface area contributed by atoms with E-state index in [1.807, 2.05) is 4.40 Å². The third-order valence-electron chi connectivity index (χ3n) is 23.5. The van der Waals surface area contributed by atoms with Gasteiger partial charge in [0, 0.05) is 270 Å². The molecule has 0 spiro atoms. The maximum Gasteiger partial charge on any atom is 0.208 e. The monoisotopic (exact) mass is 3250 g/mol. The van der Waals surface area contributed by atoms with Crippen molar-refractivity contribution >= 4 is 191 Å². The van der Waals surface area contributed by atoms with Crippen molar-refractivity contribution in [3.8, 4) is 0 Å². The number of aromatic nitrogens is 14. The van der Waals surface area contributed by atoms with Crippen LogP contribution in [0, 0.1) is 165 Å². The molecule has 28 rings (SSSR count). The van der Waals surface area contributed by atoms with Crippen LogP contribution in [0.2, 0.25) is 0 Å². The van der Waals surface area contributed by atoms with Gasteiger partial charge in [-0.1, -0.05) is 75.4 Å². The minimum atomic E-state index is -1.13. The van der Waals surface area contributed by atoms with E-state index in [1.165, 1.54) is 147 Å². The molecule has 0 unspecified atom stereocenters. The first-order chi connectivity index (χ1) is 67.6. The average Bonchev–Trinajstić information content (AvgIpc) is 1.67. The van der Waals surface area contributed by atoms with E-state index in [1.54, 1.807) is 62.6 Å². The molecule has 14 aromatic heterocycles. The van der Waals surface area contributed by atoms with Crippen molar-refractivity contribution in [1.29, 1.82) is 0 Å². The SMILES string of the molecule is Fc1c[c-]c2c(c1)c1cc(F)c(F)cc1n1ccnc21.Fc1c[c-]c2c(c1)c1cc(F)ccc1n1c(F)cnc21.Fc1c[c-]c2c(c1)c1cc(F)ccc1n1c(F)cnc21.Fc1cc2c3c(F)c(F)c[c-]c3c3nccn3c2cc1F.Fc1cc2c3c(F)cc[c-]c3c3nccn3c2cc1F.Fc1ccc2c(c1)c1c(F)c(F)c[c-]c1c1nccn21.Fc1ccc2c(c1)c1c(F)cc[c-]c1c1nccn21.[Ir].[Ir].[Ir].[Ir].[Ir].[Ir].[Ir]. The zero-order valence-corrected chi connectivity index (χ0v) is 89.0. The molecular formula is C105H42F21Ir7N14-7. The topological polar surface area (TPSA) is 121 Å². The van der Waals surface area contributed by atoms with E-state index in [0.717, 1.165) is 78.6 Å². The minimum Gasteiger partial charge on any atom is -0.340 e. The molecule has 0 aliphatic rings. The van der Waals surface area contributed by atoms with Crippen LogP contribution in [0.25, 0.3) is 191 Å². The average molecular weight is 3240 g/mol. The van der Waals surface area contributed by atoms with Gasteiger partial charge >= 0.3 is 0 Å². The Labute approximate surface area is 903 Å². The molecule has 0 saturated carbocycles. The summed E-state index contributed by atoms with van der Waals surface area (Å²) in [5.74, 6) is -15.7. The molecule has 0 aliphatic heterocycles. The van der Waals surface area contributed by atoms with Crippen molar-refractivity contribution in [2.24, 2.45) is 0 Å². The molecule has 749 valence electrons. The molecule has 0 bridgehead atoms. The predicted octanol–water partition coefficient (Wildman–Crippen LogP) is 27.0. The van der Waals surface area contributed by atoms with Crippen LogP contribution in [0.3, 0.4) is 0 Å². The fourth-order valence-corrected chi connectivity index (χ4v) is 17.7. The third-order valence-corrected chi connectivity index (χ3v) is 23.5. The van der Waals surface area contributed by atoms with Crippen LogP contribution < -0.4 is 0 Å². The van der Waals surface area contributed by atoms with Gasteiger partial charge in [0.25, 0.3) is 0 Å². The number of pyridine rings is 7. The zero-order valence-electron chi connectivity index (χ0n) is 72.3. The molecule has 0 N–H and O–H groups in total. The van der Waals surface area contributed by atoms with Crippen molar-refractivity contribution < 1.29 is 233 Å². The van der Waals surface area contributed by atoms with E-state index in [2.05, 4.69) is 77.4 Å². The van der Waals surface area contributed by atoms with Crippen LogP contribution in [-0.4, -0.2) is 65.7 Å². The first-order valence-electron chi connectivity index (χ1n) is 41.3. The second-order valence-electron chi connectivity index (χ2n) is 31.5. The Balaban J connectivity index is 0.000000128. The number of hydrogen-bond donors (Lipinski definition) is 0. The van der Waals surface area contributed by atoms with Crippen LogP contribution in [0.4, 0.5) is 92.2 Å². The largest absolute Gasteiger partial charge is 0.340 e. The predicted molar refractivity (Wildman–Crippen MR) is 482 cm³/mol. The molecule has 7 radical (unpaired) electrons. The number of hydrogen-bond acceptors (Lipinski definition) is 7. The van der Waals surface area contributed by atoms with E-state index < -0.39 is 122 Å². The van der Waals surface area contributed by atoms with Crippen LogP contribution in [0.1, 0.15) is 0 Å². The van der Waals surface area contributed by atoms with Gasteiger partial charge in [0.05, 0.1) is 75.2 Å². The van der Waals surface area contributed by atoms with Gasteiger partial charge < -0.3 is 30.8 Å². The molecule has 42 heteroatoms. The molecule has 0 atom stereocenters. The molecule has 0 saturated heterocycles. The van der Waals surface area contributed by atoms with Crippen LogP contribution in [0.15, 0.2) is 256 Å². The number of benzene rings is 14. The van der Waals surface area contributed by atoms with Crippen molar-refractivity contribution in [1.82, 2.24) is 65.7 Å². The van der Waals surface area contributed by atoms with Crippen LogP contribution >= 0.6 is 0 Å². The van der Waals surface area contributed by atoms with Crippen LogP contribution in [-0.2, 0) is 141 Å². The van der Waals surface area contributed by atoms with Gasteiger partial charge in [0.15, 0.2) is 34.9 Å². The summed E-state index contributed by atoms with van der Waals surface area (Å²) in [6.07, 6.45) is 18.1. The zero-order chi connectivity index (χ0) is 97.0. The Morgan fingerprint density at radius 1 is 0.190 bits per heavy atom. The number of fused-ring (bicyclic) bond motifs is 42. The summed E-state index contributed by atoms with van der Waals surface area (Å²) in [7, 11) is 0. The Hall–Kier alpha value is -13.4. The summed E-state index contributed by atoms with van der Waals surface area (Å²) in [4.78, 5) is 28.7. The van der Waals surface area contributed by atoms with Gasteiger partial charge in [0.2, 0.25) is 11.9 Å². The second-order valence-corrected chi connectivity index (χ2v) is 31.5. The van der Waals surface area contributed by atoms with Gasteiger partial charge in [-0.3, -0.25) is 56.8 Å². The molecule has 14 nitrogen and oxygen atoms in total. The molecule has 147 heavy (non-hydrogen) atoms. The van der Waals surface area contributed by atoms with Crippen molar-refractivity contribution in [3.05, 3.63) is 421 Å². The number of imidazole rings is 7. The van der Waals surface area contributed by atoms with E-state index in [4.69, 9.17) is 0 Å². The summed E-state index contributed by atoms with van der Waals surface area (Å²) in [6, 6.07) is 56.3. The van der Waals surface area contributed by atoms with Gasteiger partial charge in [-0.25, -0.2) is 61.5 Å². The Morgan fingerprint density at radius 3 is 0.796 bits per heavy atom. The summed E-state index contributed by atoms with van der Waals surface area (Å²) in [5, 5.41) is 7.16. The second kappa shape index (κ2) is 42.8. The fourth-order valence-electron chi connectivity index (χ4n) is 17.7. The third kappa shape index (κ3) is 18.7. The van der Waals surface area contributed by atoms with Crippen molar-refractivity contribution in [2.75, 3.05) is 0 Å². The Bertz CT molecular complexity index is 9930. The van der Waals surface area contributed by atoms with Gasteiger partial charge in [-0.15, -0.1) is 115 Å². The normalized spacial score (nSPS) is 11.2. The molecule has 0 aliphatic carbocycles. The van der Waals surface area contributed by atoms with Gasteiger partial charge in [-0.2, -0.15) is 8.78 Å². The maximum atomic E-state index is 14.1. The quantitative estimate of drug-likeness (QED) is 0.0842. The molecule has 28 aromatic rings. The summed E-state index contributed by atoms with van der Waals surface area (Å²) in [6.45, 7) is 0. The molecule has 14 heterocycles. The molecular weight excluding hydrogens is 3200 g/mol. The van der Waals surface area contributed by atoms with Crippen LogP contribution in [0.5, 0.6) is 0 Å². The van der Waals surface area contributed by atoms with Gasteiger partial charge in [0.1, 0.15) is 23.3 Å². The first-order valence-corrected chi connectivity index (χ1v) is 41.3. The summed E-state index contributed by atoms with van der Waals surface area (Å²) in [5.41, 5.74) is 6.16. The smallest absolute Gasteiger partial charge is 0.208 e. The first kappa shape index (κ1) is 108. The van der Waals surface area contributed by atoms with E-state index >= 15 is 0 Å². The van der Waals surface area contributed by atoms with E-state index in [0.29, 0.717) is 153 Å². The number of halogens is 21. The summed E-state index contributed by atoms with van der Waals surface area (Å²) >= 11 is 0. The molecule has 0 fully saturated rings. The van der Waals surface area contributed by atoms with E-state index in [9.17, 15) is 92.2 Å². The maximum absolute atomic E-state index is 14.1. The molecule has 0 amide bonds. The van der Waals surface area contributed by atoms with Crippen molar-refractivity contribution in [2.45, 2.75) is 0 Å².